The average molecular weight is 353 g/mol. The van der Waals surface area contributed by atoms with Gasteiger partial charge in [-0.3, -0.25) is 0 Å². The summed E-state index contributed by atoms with van der Waals surface area (Å²) in [7, 11) is -2.79. The SMILES string of the molecule is CCOC(OCC)(OCC)C(CC)O[Si](CC)(OCC)OCC. The van der Waals surface area contributed by atoms with E-state index in [2.05, 4.69) is 0 Å². The molecule has 1 unspecified atom stereocenters. The molecule has 0 aromatic carbocycles. The first-order chi connectivity index (χ1) is 11.0. The lowest BCUT2D eigenvalue weighted by molar-refractivity contribution is -0.409. The van der Waals surface area contributed by atoms with Crippen LogP contribution in [0.1, 0.15) is 54.9 Å². The molecule has 1 atom stereocenters. The fourth-order valence-electron chi connectivity index (χ4n) is 2.47. The first kappa shape index (κ1) is 23.0. The van der Waals surface area contributed by atoms with Crippen molar-refractivity contribution in [3.05, 3.63) is 0 Å². The van der Waals surface area contributed by atoms with E-state index in [4.69, 9.17) is 27.5 Å². The Labute approximate surface area is 143 Å². The van der Waals surface area contributed by atoms with Gasteiger partial charge in [-0.2, -0.15) is 0 Å². The zero-order chi connectivity index (χ0) is 17.8. The molecule has 0 aromatic rings. The highest BCUT2D eigenvalue weighted by Crippen LogP contribution is 2.30. The van der Waals surface area contributed by atoms with Crippen LogP contribution in [0.4, 0.5) is 0 Å². The molecular formula is C16H36O6Si. The van der Waals surface area contributed by atoms with Crippen molar-refractivity contribution in [2.75, 3.05) is 33.0 Å². The van der Waals surface area contributed by atoms with Crippen LogP contribution >= 0.6 is 0 Å². The molecule has 0 aliphatic heterocycles. The van der Waals surface area contributed by atoms with Crippen molar-refractivity contribution in [2.45, 2.75) is 73.0 Å². The number of hydrogen-bond donors (Lipinski definition) is 0. The van der Waals surface area contributed by atoms with Gasteiger partial charge in [0, 0.05) is 39.1 Å². The van der Waals surface area contributed by atoms with Crippen LogP contribution in [-0.4, -0.2) is 53.9 Å². The summed E-state index contributed by atoms with van der Waals surface area (Å²) in [5.74, 6) is -1.23. The third-order valence-corrected chi connectivity index (χ3v) is 6.25. The topological polar surface area (TPSA) is 55.4 Å². The van der Waals surface area contributed by atoms with Crippen molar-refractivity contribution >= 4 is 8.80 Å². The molecule has 0 amide bonds. The van der Waals surface area contributed by atoms with Crippen molar-refractivity contribution in [1.29, 1.82) is 0 Å². The van der Waals surface area contributed by atoms with Gasteiger partial charge in [-0.15, -0.1) is 0 Å². The highest BCUT2D eigenvalue weighted by atomic mass is 28.4. The van der Waals surface area contributed by atoms with E-state index in [9.17, 15) is 0 Å². The van der Waals surface area contributed by atoms with Crippen LogP contribution in [0.2, 0.25) is 6.04 Å². The standard InChI is InChI=1S/C16H36O6Si/c1-8-15(16(17-9-2,18-10-3)19-11-4)22-23(14-7,20-12-5)21-13-6/h15H,8-14H2,1-7H3. The van der Waals surface area contributed by atoms with Crippen LogP contribution in [0.3, 0.4) is 0 Å². The third kappa shape index (κ3) is 6.78. The zero-order valence-electron chi connectivity index (χ0n) is 16.0. The predicted octanol–water partition coefficient (Wildman–Crippen LogP) is 3.58. The van der Waals surface area contributed by atoms with Gasteiger partial charge in [-0.05, 0) is 41.0 Å². The molecule has 140 valence electrons. The maximum atomic E-state index is 6.36. The summed E-state index contributed by atoms with van der Waals surface area (Å²) in [6, 6.07) is 0.686. The zero-order valence-corrected chi connectivity index (χ0v) is 17.0. The van der Waals surface area contributed by atoms with Crippen LogP contribution in [0.15, 0.2) is 0 Å². The molecule has 0 saturated carbocycles. The van der Waals surface area contributed by atoms with E-state index in [1.54, 1.807) is 0 Å². The maximum Gasteiger partial charge on any atom is 0.501 e. The van der Waals surface area contributed by atoms with Crippen LogP contribution < -0.4 is 0 Å². The number of hydrogen-bond acceptors (Lipinski definition) is 6. The summed E-state index contributed by atoms with van der Waals surface area (Å²) in [5, 5.41) is 0. The molecule has 0 bridgehead atoms. The highest BCUT2D eigenvalue weighted by molar-refractivity contribution is 6.60. The van der Waals surface area contributed by atoms with Gasteiger partial charge in [-0.1, -0.05) is 13.8 Å². The van der Waals surface area contributed by atoms with Crippen molar-refractivity contribution in [2.24, 2.45) is 0 Å². The molecule has 0 N–H and O–H groups in total. The van der Waals surface area contributed by atoms with Gasteiger partial charge < -0.3 is 27.5 Å². The van der Waals surface area contributed by atoms with Gasteiger partial charge in [0.05, 0.1) is 0 Å². The summed E-state index contributed by atoms with van der Waals surface area (Å²) in [5.41, 5.74) is 0. The minimum Gasteiger partial charge on any atom is -0.374 e. The third-order valence-electron chi connectivity index (χ3n) is 3.29. The second-order valence-corrected chi connectivity index (χ2v) is 7.71. The van der Waals surface area contributed by atoms with Crippen molar-refractivity contribution in [3.63, 3.8) is 0 Å². The molecule has 7 heteroatoms. The van der Waals surface area contributed by atoms with Gasteiger partial charge in [0.15, 0.2) is 0 Å². The molecule has 0 spiro atoms. The smallest absolute Gasteiger partial charge is 0.374 e. The molecule has 0 heterocycles. The first-order valence-corrected chi connectivity index (χ1v) is 10.8. The van der Waals surface area contributed by atoms with Crippen molar-refractivity contribution in [3.8, 4) is 0 Å². The predicted molar refractivity (Wildman–Crippen MR) is 92.3 cm³/mol. The van der Waals surface area contributed by atoms with Crippen LogP contribution in [0.5, 0.6) is 0 Å². The molecular weight excluding hydrogens is 316 g/mol. The van der Waals surface area contributed by atoms with Crippen molar-refractivity contribution in [1.82, 2.24) is 0 Å². The molecule has 0 aromatic heterocycles. The summed E-state index contributed by atoms with van der Waals surface area (Å²) >= 11 is 0. The quantitative estimate of drug-likeness (QED) is 0.332. The van der Waals surface area contributed by atoms with Gasteiger partial charge in [-0.25, -0.2) is 0 Å². The molecule has 23 heavy (non-hydrogen) atoms. The minimum absolute atomic E-state index is 0.424. The van der Waals surface area contributed by atoms with Crippen molar-refractivity contribution < 1.29 is 27.5 Å². The number of ether oxygens (including phenoxy) is 3. The first-order valence-electron chi connectivity index (χ1n) is 8.90. The Balaban J connectivity index is 5.50. The van der Waals surface area contributed by atoms with E-state index in [0.717, 1.165) is 0 Å². The lowest BCUT2D eigenvalue weighted by atomic mass is 10.2. The lowest BCUT2D eigenvalue weighted by Crippen LogP contribution is -2.57. The molecule has 0 aliphatic rings. The largest absolute Gasteiger partial charge is 0.501 e. The van der Waals surface area contributed by atoms with Gasteiger partial charge >= 0.3 is 14.8 Å². The monoisotopic (exact) mass is 352 g/mol. The maximum absolute atomic E-state index is 6.36. The summed E-state index contributed by atoms with van der Waals surface area (Å²) in [4.78, 5) is 0. The molecule has 0 aliphatic carbocycles. The molecule has 0 radical (unpaired) electrons. The molecule has 0 fully saturated rings. The molecule has 0 saturated heterocycles. The Morgan fingerprint density at radius 2 is 1.13 bits per heavy atom. The average Bonchev–Trinajstić information content (AvgIpc) is 2.53. The van der Waals surface area contributed by atoms with E-state index in [-0.39, 0.29) is 0 Å². The number of rotatable bonds is 15. The van der Waals surface area contributed by atoms with Crippen LogP contribution in [0, 0.1) is 0 Å². The van der Waals surface area contributed by atoms with E-state index in [1.165, 1.54) is 0 Å². The Morgan fingerprint density at radius 1 is 0.696 bits per heavy atom. The Hall–Kier alpha value is -0.0231. The fourth-order valence-corrected chi connectivity index (χ4v) is 4.89. The minimum atomic E-state index is -2.79. The van der Waals surface area contributed by atoms with Crippen LogP contribution in [-0.2, 0) is 27.5 Å². The normalized spacial score (nSPS) is 14.2. The summed E-state index contributed by atoms with van der Waals surface area (Å²) in [6.45, 7) is 16.1. The van der Waals surface area contributed by atoms with Gasteiger partial charge in [0.25, 0.3) is 0 Å². The summed E-state index contributed by atoms with van der Waals surface area (Å²) in [6.07, 6.45) is 0.238. The van der Waals surface area contributed by atoms with E-state index >= 15 is 0 Å². The van der Waals surface area contributed by atoms with Gasteiger partial charge in [0.2, 0.25) is 0 Å². The van der Waals surface area contributed by atoms with E-state index < -0.39 is 20.9 Å². The summed E-state index contributed by atoms with van der Waals surface area (Å²) < 4.78 is 35.7. The Bertz CT molecular complexity index is 267. The highest BCUT2D eigenvalue weighted by Gasteiger charge is 2.50. The van der Waals surface area contributed by atoms with Gasteiger partial charge in [0.1, 0.15) is 6.10 Å². The Kier molecular flexibility index (Phi) is 12.3. The van der Waals surface area contributed by atoms with E-state index in [1.807, 2.05) is 48.5 Å². The molecule has 6 nitrogen and oxygen atoms in total. The lowest BCUT2D eigenvalue weighted by Gasteiger charge is -2.41. The van der Waals surface area contributed by atoms with Crippen LogP contribution in [0.25, 0.3) is 0 Å². The second-order valence-electron chi connectivity index (χ2n) is 4.82. The Morgan fingerprint density at radius 3 is 1.39 bits per heavy atom. The fraction of sp³-hybridized carbons (Fsp3) is 1.00. The second kappa shape index (κ2) is 12.4. The molecule has 0 rings (SSSR count). The van der Waals surface area contributed by atoms with E-state index in [0.29, 0.717) is 45.5 Å².